The first-order valence-corrected chi connectivity index (χ1v) is 7.95. The zero-order valence-corrected chi connectivity index (χ0v) is 14.5. The fraction of sp³-hybridized carbons (Fsp3) is 0.0667. The van der Waals surface area contributed by atoms with Crippen molar-refractivity contribution in [2.75, 3.05) is 6.79 Å². The van der Waals surface area contributed by atoms with Crippen molar-refractivity contribution in [3.05, 3.63) is 56.1 Å². The predicted molar refractivity (Wildman–Crippen MR) is 91.7 cm³/mol. The number of halogens is 2. The van der Waals surface area contributed by atoms with Crippen LogP contribution in [0.25, 0.3) is 0 Å². The molecule has 6 nitrogen and oxygen atoms in total. The van der Waals surface area contributed by atoms with E-state index in [0.717, 1.165) is 0 Å². The Morgan fingerprint density at radius 1 is 1.00 bits per heavy atom. The van der Waals surface area contributed by atoms with Gasteiger partial charge in [-0.2, -0.15) is 0 Å². The summed E-state index contributed by atoms with van der Waals surface area (Å²) in [5.74, 6) is 0.193. The van der Waals surface area contributed by atoms with Crippen LogP contribution in [0.5, 0.6) is 11.5 Å². The summed E-state index contributed by atoms with van der Waals surface area (Å²) in [5, 5.41) is 0.537. The van der Waals surface area contributed by atoms with Crippen LogP contribution >= 0.6 is 34.2 Å². The van der Waals surface area contributed by atoms with E-state index in [-0.39, 0.29) is 6.79 Å². The van der Waals surface area contributed by atoms with Crippen molar-refractivity contribution in [1.82, 2.24) is 10.9 Å². The third kappa shape index (κ3) is 3.50. The highest BCUT2D eigenvalue weighted by atomic mass is 127. The highest BCUT2D eigenvalue weighted by molar-refractivity contribution is 14.1. The van der Waals surface area contributed by atoms with Gasteiger partial charge in [0.1, 0.15) is 0 Å². The van der Waals surface area contributed by atoms with Gasteiger partial charge in [-0.15, -0.1) is 0 Å². The number of nitrogens with one attached hydrogen (secondary N) is 2. The Kier molecular flexibility index (Phi) is 4.58. The molecular weight excluding hydrogens is 435 g/mol. The zero-order chi connectivity index (χ0) is 16.4. The minimum Gasteiger partial charge on any atom is -0.454 e. The van der Waals surface area contributed by atoms with Crippen molar-refractivity contribution in [2.24, 2.45) is 0 Å². The molecule has 3 rings (SSSR count). The summed E-state index contributed by atoms with van der Waals surface area (Å²) in [6, 6.07) is 9.64. The number of rotatable bonds is 2. The van der Waals surface area contributed by atoms with Gasteiger partial charge < -0.3 is 9.47 Å². The van der Waals surface area contributed by atoms with Crippen LogP contribution in [0.3, 0.4) is 0 Å². The van der Waals surface area contributed by atoms with E-state index in [4.69, 9.17) is 21.1 Å². The number of hydrogen-bond donors (Lipinski definition) is 2. The third-order valence-corrected chi connectivity index (χ3v) is 4.23. The van der Waals surface area contributed by atoms with Crippen molar-refractivity contribution in [1.29, 1.82) is 0 Å². The Hall–Kier alpha value is -2.00. The van der Waals surface area contributed by atoms with Crippen LogP contribution in [0.1, 0.15) is 20.7 Å². The Labute approximate surface area is 150 Å². The molecule has 0 bridgehead atoms. The molecule has 0 saturated carbocycles. The monoisotopic (exact) mass is 444 g/mol. The number of hydrogen-bond acceptors (Lipinski definition) is 4. The van der Waals surface area contributed by atoms with Gasteiger partial charge in [-0.25, -0.2) is 0 Å². The van der Waals surface area contributed by atoms with Gasteiger partial charge in [-0.05, 0) is 59.0 Å². The maximum absolute atomic E-state index is 12.1. The Balaban J connectivity index is 1.65. The largest absolute Gasteiger partial charge is 0.454 e. The van der Waals surface area contributed by atoms with E-state index in [1.807, 2.05) is 22.6 Å². The number of amides is 2. The first-order valence-electron chi connectivity index (χ1n) is 6.50. The number of ether oxygens (including phenoxy) is 2. The molecule has 1 aliphatic rings. The van der Waals surface area contributed by atoms with Crippen molar-refractivity contribution in [2.45, 2.75) is 0 Å². The van der Waals surface area contributed by atoms with E-state index in [0.29, 0.717) is 31.2 Å². The molecule has 0 atom stereocenters. The minimum atomic E-state index is -0.458. The maximum atomic E-state index is 12.1. The molecule has 118 valence electrons. The summed E-state index contributed by atoms with van der Waals surface area (Å²) in [6.07, 6.45) is 0. The zero-order valence-electron chi connectivity index (χ0n) is 11.6. The predicted octanol–water partition coefficient (Wildman–Crippen LogP) is 2.75. The van der Waals surface area contributed by atoms with E-state index in [9.17, 15) is 9.59 Å². The fourth-order valence-electron chi connectivity index (χ4n) is 1.96. The molecule has 8 heteroatoms. The summed E-state index contributed by atoms with van der Waals surface area (Å²) in [4.78, 5) is 24.2. The molecule has 0 fully saturated rings. The van der Waals surface area contributed by atoms with Crippen LogP contribution in [0, 0.1) is 3.57 Å². The fourth-order valence-corrected chi connectivity index (χ4v) is 3.08. The third-order valence-electron chi connectivity index (χ3n) is 3.10. The SMILES string of the molecule is O=C(NNC(=O)c1ccc(Cl)cc1I)c1ccc2c(c1)OCO2. The van der Waals surface area contributed by atoms with Gasteiger partial charge in [0, 0.05) is 14.2 Å². The summed E-state index contributed by atoms with van der Waals surface area (Å²) < 4.78 is 11.1. The van der Waals surface area contributed by atoms with Crippen LogP contribution in [-0.4, -0.2) is 18.6 Å². The Bertz CT molecular complexity index is 797. The molecule has 2 aromatic rings. The van der Waals surface area contributed by atoms with Gasteiger partial charge in [-0.3, -0.25) is 20.4 Å². The minimum absolute atomic E-state index is 0.131. The van der Waals surface area contributed by atoms with Crippen LogP contribution in [-0.2, 0) is 0 Å². The molecule has 2 N–H and O–H groups in total. The molecule has 0 aliphatic carbocycles. The van der Waals surface area contributed by atoms with Crippen LogP contribution in [0.2, 0.25) is 5.02 Å². The number of carbonyl (C=O) groups excluding carboxylic acids is 2. The van der Waals surface area contributed by atoms with Crippen LogP contribution in [0.4, 0.5) is 0 Å². The van der Waals surface area contributed by atoms with Gasteiger partial charge >= 0.3 is 0 Å². The van der Waals surface area contributed by atoms with E-state index in [1.54, 1.807) is 36.4 Å². The number of carbonyl (C=O) groups is 2. The average molecular weight is 445 g/mol. The molecule has 0 unspecified atom stereocenters. The van der Waals surface area contributed by atoms with E-state index in [2.05, 4.69) is 10.9 Å². The molecule has 1 heterocycles. The topological polar surface area (TPSA) is 76.7 Å². The number of hydrazine groups is 1. The second-order valence-electron chi connectivity index (χ2n) is 4.60. The number of benzene rings is 2. The maximum Gasteiger partial charge on any atom is 0.270 e. The van der Waals surface area contributed by atoms with Gasteiger partial charge in [0.2, 0.25) is 6.79 Å². The van der Waals surface area contributed by atoms with Gasteiger partial charge in [0.05, 0.1) is 5.56 Å². The summed E-state index contributed by atoms with van der Waals surface area (Å²) in [6.45, 7) is 0.131. The van der Waals surface area contributed by atoms with Gasteiger partial charge in [-0.1, -0.05) is 11.6 Å². The van der Waals surface area contributed by atoms with E-state index < -0.39 is 11.8 Å². The smallest absolute Gasteiger partial charge is 0.270 e. The first-order chi connectivity index (χ1) is 11.0. The molecular formula is C15H10ClIN2O4. The quantitative estimate of drug-likeness (QED) is 0.552. The lowest BCUT2D eigenvalue weighted by Crippen LogP contribution is -2.41. The lowest BCUT2D eigenvalue weighted by atomic mass is 10.2. The van der Waals surface area contributed by atoms with Gasteiger partial charge in [0.25, 0.3) is 11.8 Å². The highest BCUT2D eigenvalue weighted by Gasteiger charge is 2.17. The molecule has 0 saturated heterocycles. The van der Waals surface area contributed by atoms with Gasteiger partial charge in [0.15, 0.2) is 11.5 Å². The molecule has 2 amide bonds. The summed E-state index contributed by atoms with van der Waals surface area (Å²) in [5.41, 5.74) is 5.49. The van der Waals surface area contributed by atoms with Crippen molar-refractivity contribution in [3.8, 4) is 11.5 Å². The van der Waals surface area contributed by atoms with E-state index >= 15 is 0 Å². The molecule has 23 heavy (non-hydrogen) atoms. The Morgan fingerprint density at radius 2 is 1.74 bits per heavy atom. The Morgan fingerprint density at radius 3 is 2.52 bits per heavy atom. The first kappa shape index (κ1) is 15.9. The molecule has 2 aromatic carbocycles. The summed E-state index contributed by atoms with van der Waals surface area (Å²) >= 11 is 7.85. The van der Waals surface area contributed by atoms with Crippen molar-refractivity contribution < 1.29 is 19.1 Å². The normalized spacial score (nSPS) is 11.9. The average Bonchev–Trinajstić information content (AvgIpc) is 2.99. The molecule has 0 spiro atoms. The van der Waals surface area contributed by atoms with E-state index in [1.165, 1.54) is 0 Å². The van der Waals surface area contributed by atoms with Crippen molar-refractivity contribution in [3.63, 3.8) is 0 Å². The molecule has 0 aromatic heterocycles. The van der Waals surface area contributed by atoms with Crippen molar-refractivity contribution >= 4 is 46.0 Å². The van der Waals surface area contributed by atoms with Crippen LogP contribution in [0.15, 0.2) is 36.4 Å². The van der Waals surface area contributed by atoms with Crippen LogP contribution < -0.4 is 20.3 Å². The molecule has 1 aliphatic heterocycles. The summed E-state index contributed by atoms with van der Waals surface area (Å²) in [7, 11) is 0. The standard InChI is InChI=1S/C15H10ClIN2O4/c16-9-2-3-10(11(17)6-9)15(21)19-18-14(20)8-1-4-12-13(5-8)23-7-22-12/h1-6H,7H2,(H,18,20)(H,19,21). The second kappa shape index (κ2) is 6.63. The lowest BCUT2D eigenvalue weighted by Gasteiger charge is -2.09. The lowest BCUT2D eigenvalue weighted by molar-refractivity contribution is 0.0846. The molecule has 0 radical (unpaired) electrons. The highest BCUT2D eigenvalue weighted by Crippen LogP contribution is 2.32. The number of fused-ring (bicyclic) bond motifs is 1. The second-order valence-corrected chi connectivity index (χ2v) is 6.20.